The molecule has 0 bridgehead atoms. The number of carbonyl (C=O) groups is 1. The second-order valence-electron chi connectivity index (χ2n) is 7.71. The van der Waals surface area contributed by atoms with Gasteiger partial charge in [0.25, 0.3) is 0 Å². The third kappa shape index (κ3) is 5.11. The van der Waals surface area contributed by atoms with Crippen molar-refractivity contribution in [3.63, 3.8) is 0 Å². The lowest BCUT2D eigenvalue weighted by molar-refractivity contribution is -0.113. The van der Waals surface area contributed by atoms with Crippen molar-refractivity contribution in [3.8, 4) is 5.69 Å². The van der Waals surface area contributed by atoms with E-state index in [9.17, 15) is 4.79 Å². The first kappa shape index (κ1) is 19.9. The average molecular weight is 403 g/mol. The van der Waals surface area contributed by atoms with Gasteiger partial charge in [-0.25, -0.2) is 4.68 Å². The van der Waals surface area contributed by atoms with Crippen molar-refractivity contribution in [2.45, 2.75) is 39.0 Å². The van der Waals surface area contributed by atoms with Crippen molar-refractivity contribution in [1.82, 2.24) is 14.7 Å². The molecule has 0 aliphatic carbocycles. The van der Waals surface area contributed by atoms with Crippen LogP contribution in [-0.2, 0) is 10.2 Å². The Labute approximate surface area is 170 Å². The van der Waals surface area contributed by atoms with Crippen LogP contribution in [0, 0.1) is 0 Å². The molecule has 0 atom stereocenters. The SMILES string of the molecule is CC(C)(C)c1cc(NC(=O)CSC(=S)N2CCCC2)n(-c2ccccc2)n1. The fraction of sp³-hybridized carbons (Fsp3) is 0.450. The van der Waals surface area contributed by atoms with Gasteiger partial charge in [-0.15, -0.1) is 0 Å². The fourth-order valence-electron chi connectivity index (χ4n) is 2.90. The molecule has 5 nitrogen and oxygen atoms in total. The van der Waals surface area contributed by atoms with Gasteiger partial charge in [-0.2, -0.15) is 5.10 Å². The second-order valence-corrected chi connectivity index (χ2v) is 9.32. The topological polar surface area (TPSA) is 50.2 Å². The number of amides is 1. The van der Waals surface area contributed by atoms with E-state index in [1.807, 2.05) is 36.4 Å². The Kier molecular flexibility index (Phi) is 6.22. The summed E-state index contributed by atoms with van der Waals surface area (Å²) in [5.41, 5.74) is 1.75. The van der Waals surface area contributed by atoms with Gasteiger partial charge in [-0.3, -0.25) is 4.79 Å². The van der Waals surface area contributed by atoms with Crippen molar-refractivity contribution in [3.05, 3.63) is 42.1 Å². The molecule has 2 heterocycles. The van der Waals surface area contributed by atoms with E-state index in [4.69, 9.17) is 17.3 Å². The minimum Gasteiger partial charge on any atom is -0.358 e. The summed E-state index contributed by atoms with van der Waals surface area (Å²) in [6, 6.07) is 11.8. The van der Waals surface area contributed by atoms with Crippen LogP contribution in [0.4, 0.5) is 5.82 Å². The molecule has 2 aromatic rings. The molecule has 1 aliphatic heterocycles. The van der Waals surface area contributed by atoms with E-state index in [1.54, 1.807) is 4.68 Å². The highest BCUT2D eigenvalue weighted by atomic mass is 32.2. The molecule has 144 valence electrons. The van der Waals surface area contributed by atoms with Crippen LogP contribution in [0.1, 0.15) is 39.3 Å². The van der Waals surface area contributed by atoms with Gasteiger partial charge in [0, 0.05) is 24.6 Å². The number of carbonyl (C=O) groups excluding carboxylic acids is 1. The molecule has 0 spiro atoms. The largest absolute Gasteiger partial charge is 0.358 e. The lowest BCUT2D eigenvalue weighted by Gasteiger charge is -2.17. The van der Waals surface area contributed by atoms with Gasteiger partial charge in [-0.05, 0) is 25.0 Å². The van der Waals surface area contributed by atoms with Gasteiger partial charge >= 0.3 is 0 Å². The smallest absolute Gasteiger partial charge is 0.235 e. The van der Waals surface area contributed by atoms with Gasteiger partial charge in [-0.1, -0.05) is 63.0 Å². The van der Waals surface area contributed by atoms with Crippen molar-refractivity contribution in [2.24, 2.45) is 0 Å². The summed E-state index contributed by atoms with van der Waals surface area (Å²) in [4.78, 5) is 14.7. The van der Waals surface area contributed by atoms with Crippen LogP contribution in [0.2, 0.25) is 0 Å². The molecule has 7 heteroatoms. The number of benzene rings is 1. The highest BCUT2D eigenvalue weighted by molar-refractivity contribution is 8.23. The summed E-state index contributed by atoms with van der Waals surface area (Å²) < 4.78 is 2.61. The first-order valence-corrected chi connectivity index (χ1v) is 10.6. The molecular formula is C20H26N4OS2. The summed E-state index contributed by atoms with van der Waals surface area (Å²) in [5, 5.41) is 7.73. The molecule has 1 aromatic carbocycles. The van der Waals surface area contributed by atoms with E-state index in [0.717, 1.165) is 28.8 Å². The zero-order valence-electron chi connectivity index (χ0n) is 16.1. The van der Waals surface area contributed by atoms with Crippen LogP contribution < -0.4 is 5.32 Å². The van der Waals surface area contributed by atoms with Crippen LogP contribution in [0.25, 0.3) is 5.69 Å². The molecule has 27 heavy (non-hydrogen) atoms. The summed E-state index contributed by atoms with van der Waals surface area (Å²) in [7, 11) is 0. The molecule has 1 fully saturated rings. The normalized spacial score (nSPS) is 14.4. The van der Waals surface area contributed by atoms with Gasteiger partial charge in [0.15, 0.2) is 0 Å². The van der Waals surface area contributed by atoms with Crippen molar-refractivity contribution in [1.29, 1.82) is 0 Å². The van der Waals surface area contributed by atoms with E-state index in [-0.39, 0.29) is 11.3 Å². The van der Waals surface area contributed by atoms with E-state index < -0.39 is 0 Å². The van der Waals surface area contributed by atoms with E-state index in [0.29, 0.717) is 11.6 Å². The van der Waals surface area contributed by atoms with Crippen LogP contribution in [0.15, 0.2) is 36.4 Å². The Bertz CT molecular complexity index is 805. The molecule has 1 amide bonds. The number of thiocarbonyl (C=S) groups is 1. The molecule has 3 rings (SSSR count). The lowest BCUT2D eigenvalue weighted by atomic mass is 9.92. The Morgan fingerprint density at radius 2 is 1.89 bits per heavy atom. The minimum atomic E-state index is -0.106. The maximum atomic E-state index is 12.5. The van der Waals surface area contributed by atoms with E-state index >= 15 is 0 Å². The summed E-state index contributed by atoms with van der Waals surface area (Å²) in [5.74, 6) is 0.920. The molecular weight excluding hydrogens is 376 g/mol. The lowest BCUT2D eigenvalue weighted by Crippen LogP contribution is -2.25. The van der Waals surface area contributed by atoms with Crippen LogP contribution in [0.5, 0.6) is 0 Å². The predicted molar refractivity (Wildman–Crippen MR) is 117 cm³/mol. The van der Waals surface area contributed by atoms with Crippen LogP contribution in [-0.4, -0.2) is 43.8 Å². The maximum Gasteiger partial charge on any atom is 0.235 e. The van der Waals surface area contributed by atoms with Gasteiger partial charge in [0.1, 0.15) is 10.1 Å². The number of likely N-dealkylation sites (tertiary alicyclic amines) is 1. The summed E-state index contributed by atoms with van der Waals surface area (Å²) in [6.45, 7) is 8.34. The van der Waals surface area contributed by atoms with E-state index in [1.165, 1.54) is 24.6 Å². The molecule has 0 unspecified atom stereocenters. The molecule has 0 saturated carbocycles. The van der Waals surface area contributed by atoms with Crippen LogP contribution >= 0.6 is 24.0 Å². The number of hydrogen-bond acceptors (Lipinski definition) is 4. The van der Waals surface area contributed by atoms with Crippen molar-refractivity contribution in [2.75, 3.05) is 24.2 Å². The highest BCUT2D eigenvalue weighted by Gasteiger charge is 2.22. The zero-order chi connectivity index (χ0) is 19.4. The summed E-state index contributed by atoms with van der Waals surface area (Å²) >= 11 is 6.87. The zero-order valence-corrected chi connectivity index (χ0v) is 17.7. The number of para-hydroxylation sites is 1. The first-order valence-electron chi connectivity index (χ1n) is 9.22. The number of anilines is 1. The predicted octanol–water partition coefficient (Wildman–Crippen LogP) is 4.22. The minimum absolute atomic E-state index is 0.0703. The van der Waals surface area contributed by atoms with Gasteiger partial charge in [0.05, 0.1) is 17.1 Å². The molecule has 1 aromatic heterocycles. The maximum absolute atomic E-state index is 12.5. The number of rotatable bonds is 4. The average Bonchev–Trinajstić information content (AvgIpc) is 3.30. The standard InChI is InChI=1S/C20H26N4OS2/c1-20(2,3)16-13-17(24(22-16)15-9-5-4-6-10-15)21-18(25)14-27-19(26)23-11-7-8-12-23/h4-6,9-10,13H,7-8,11-12,14H2,1-3H3,(H,21,25). The Morgan fingerprint density at radius 3 is 2.52 bits per heavy atom. The molecule has 0 radical (unpaired) electrons. The van der Waals surface area contributed by atoms with Crippen molar-refractivity contribution < 1.29 is 4.79 Å². The van der Waals surface area contributed by atoms with Crippen molar-refractivity contribution >= 4 is 40.0 Å². The van der Waals surface area contributed by atoms with Gasteiger partial charge in [0.2, 0.25) is 5.91 Å². The highest BCUT2D eigenvalue weighted by Crippen LogP contribution is 2.26. The number of aromatic nitrogens is 2. The third-order valence-electron chi connectivity index (χ3n) is 4.44. The van der Waals surface area contributed by atoms with Gasteiger partial charge < -0.3 is 10.2 Å². The summed E-state index contributed by atoms with van der Waals surface area (Å²) in [6.07, 6.45) is 2.36. The Balaban J connectivity index is 1.72. The second kappa shape index (κ2) is 8.44. The van der Waals surface area contributed by atoms with Crippen LogP contribution in [0.3, 0.4) is 0 Å². The first-order chi connectivity index (χ1) is 12.8. The monoisotopic (exact) mass is 402 g/mol. The Morgan fingerprint density at radius 1 is 1.22 bits per heavy atom. The number of nitrogens with one attached hydrogen (secondary N) is 1. The molecule has 1 saturated heterocycles. The number of hydrogen-bond donors (Lipinski definition) is 1. The number of thioether (sulfide) groups is 1. The third-order valence-corrected chi connectivity index (χ3v) is 5.96. The quantitative estimate of drug-likeness (QED) is 0.776. The fourth-order valence-corrected chi connectivity index (χ4v) is 3.95. The molecule has 1 N–H and O–H groups in total. The Hall–Kier alpha value is -1.86. The number of nitrogens with zero attached hydrogens (tertiary/aromatic N) is 3. The van der Waals surface area contributed by atoms with E-state index in [2.05, 4.69) is 31.0 Å². The molecule has 1 aliphatic rings.